The number of piperazine rings is 1. The van der Waals surface area contributed by atoms with Gasteiger partial charge in [0.25, 0.3) is 5.91 Å². The molecular weight excluding hydrogens is 416 g/mol. The maximum absolute atomic E-state index is 13.1. The molecule has 2 aromatic rings. The molecule has 33 heavy (non-hydrogen) atoms. The molecule has 3 amide bonds. The van der Waals surface area contributed by atoms with E-state index in [1.807, 2.05) is 90.3 Å². The van der Waals surface area contributed by atoms with Gasteiger partial charge in [-0.1, -0.05) is 30.3 Å². The molecule has 2 aliphatic heterocycles. The Morgan fingerprint density at radius 3 is 2.12 bits per heavy atom. The van der Waals surface area contributed by atoms with Crippen LogP contribution >= 0.6 is 0 Å². The highest BCUT2D eigenvalue weighted by atomic mass is 16.2. The first-order chi connectivity index (χ1) is 15.8. The van der Waals surface area contributed by atoms with Gasteiger partial charge in [-0.25, -0.2) is 0 Å². The van der Waals surface area contributed by atoms with Crippen molar-refractivity contribution < 1.29 is 14.4 Å². The van der Waals surface area contributed by atoms with E-state index in [1.54, 1.807) is 4.90 Å². The number of carbonyl (C=O) groups excluding carboxylic acids is 3. The van der Waals surface area contributed by atoms with Gasteiger partial charge in [0, 0.05) is 64.5 Å². The molecule has 174 valence electrons. The van der Waals surface area contributed by atoms with Crippen LogP contribution in [0.5, 0.6) is 0 Å². The van der Waals surface area contributed by atoms with Gasteiger partial charge in [0.1, 0.15) is 0 Å². The summed E-state index contributed by atoms with van der Waals surface area (Å²) in [6.45, 7) is 4.47. The topological polar surface area (TPSA) is 64.2 Å². The van der Waals surface area contributed by atoms with E-state index < -0.39 is 0 Å². The number of amides is 3. The lowest BCUT2D eigenvalue weighted by molar-refractivity contribution is -0.137. The average molecular weight is 449 g/mol. The molecular formula is C26H32N4O3. The van der Waals surface area contributed by atoms with Crippen LogP contribution in [-0.4, -0.2) is 79.2 Å². The number of hydrogen-bond donors (Lipinski definition) is 0. The minimum atomic E-state index is -0.315. The predicted molar refractivity (Wildman–Crippen MR) is 128 cm³/mol. The molecule has 0 aromatic heterocycles. The van der Waals surface area contributed by atoms with E-state index in [0.29, 0.717) is 38.3 Å². The van der Waals surface area contributed by atoms with Gasteiger partial charge in [0.2, 0.25) is 11.8 Å². The number of carbonyl (C=O) groups is 3. The maximum atomic E-state index is 13.1. The van der Waals surface area contributed by atoms with Crippen LogP contribution < -0.4 is 4.90 Å². The fraction of sp³-hybridized carbons (Fsp3) is 0.423. The van der Waals surface area contributed by atoms with E-state index in [4.69, 9.17) is 0 Å². The van der Waals surface area contributed by atoms with Crippen molar-refractivity contribution in [2.45, 2.75) is 19.4 Å². The zero-order valence-electron chi connectivity index (χ0n) is 19.6. The predicted octanol–water partition coefficient (Wildman–Crippen LogP) is 2.65. The molecule has 7 heteroatoms. The van der Waals surface area contributed by atoms with Gasteiger partial charge < -0.3 is 19.6 Å². The van der Waals surface area contributed by atoms with E-state index >= 15 is 0 Å². The largest absolute Gasteiger partial charge is 0.378 e. The van der Waals surface area contributed by atoms with Gasteiger partial charge >= 0.3 is 0 Å². The summed E-state index contributed by atoms with van der Waals surface area (Å²) in [7, 11) is 3.93. The van der Waals surface area contributed by atoms with Crippen LogP contribution in [0, 0.1) is 5.92 Å². The van der Waals surface area contributed by atoms with Gasteiger partial charge in [-0.3, -0.25) is 14.4 Å². The van der Waals surface area contributed by atoms with Crippen LogP contribution in [0.15, 0.2) is 54.6 Å². The van der Waals surface area contributed by atoms with Crippen molar-refractivity contribution in [1.82, 2.24) is 14.7 Å². The van der Waals surface area contributed by atoms with Crippen molar-refractivity contribution in [2.24, 2.45) is 5.92 Å². The van der Waals surface area contributed by atoms with E-state index in [0.717, 1.165) is 11.3 Å². The van der Waals surface area contributed by atoms with Crippen LogP contribution in [0.2, 0.25) is 0 Å². The highest BCUT2D eigenvalue weighted by molar-refractivity contribution is 5.95. The first-order valence-electron chi connectivity index (χ1n) is 11.5. The minimum absolute atomic E-state index is 0.00805. The van der Waals surface area contributed by atoms with E-state index in [2.05, 4.69) is 0 Å². The molecule has 2 fully saturated rings. The monoisotopic (exact) mass is 448 g/mol. The van der Waals surface area contributed by atoms with Crippen LogP contribution in [0.3, 0.4) is 0 Å². The Kier molecular flexibility index (Phi) is 6.67. The highest BCUT2D eigenvalue weighted by Crippen LogP contribution is 2.29. The summed E-state index contributed by atoms with van der Waals surface area (Å²) in [5.74, 6) is -0.274. The molecule has 2 saturated heterocycles. The molecule has 0 saturated carbocycles. The van der Waals surface area contributed by atoms with E-state index in [9.17, 15) is 14.4 Å². The number of anilines is 1. The van der Waals surface area contributed by atoms with Crippen molar-refractivity contribution >= 4 is 23.4 Å². The summed E-state index contributed by atoms with van der Waals surface area (Å²) in [6, 6.07) is 17.4. The first-order valence-corrected chi connectivity index (χ1v) is 11.5. The van der Waals surface area contributed by atoms with Gasteiger partial charge in [-0.05, 0) is 36.8 Å². The number of nitrogens with zero attached hydrogens (tertiary/aromatic N) is 4. The first kappa shape index (κ1) is 22.8. The fourth-order valence-corrected chi connectivity index (χ4v) is 4.66. The lowest BCUT2D eigenvalue weighted by atomic mass is 10.1. The maximum Gasteiger partial charge on any atom is 0.253 e. The third kappa shape index (κ3) is 4.87. The van der Waals surface area contributed by atoms with Crippen molar-refractivity contribution in [2.75, 3.05) is 51.7 Å². The number of hydrogen-bond acceptors (Lipinski definition) is 4. The average Bonchev–Trinajstić information content (AvgIpc) is 3.24. The number of rotatable bonds is 5. The zero-order valence-corrected chi connectivity index (χ0v) is 19.6. The van der Waals surface area contributed by atoms with Crippen molar-refractivity contribution in [3.8, 4) is 0 Å². The van der Waals surface area contributed by atoms with Crippen molar-refractivity contribution in [3.05, 3.63) is 65.7 Å². The Labute approximate surface area is 195 Å². The van der Waals surface area contributed by atoms with Crippen LogP contribution in [0.25, 0.3) is 0 Å². The van der Waals surface area contributed by atoms with E-state index in [-0.39, 0.29) is 36.1 Å². The molecule has 2 aromatic carbocycles. The molecule has 4 rings (SSSR count). The Morgan fingerprint density at radius 2 is 1.52 bits per heavy atom. The number of benzene rings is 2. The van der Waals surface area contributed by atoms with Gasteiger partial charge in [0.05, 0.1) is 12.0 Å². The lowest BCUT2D eigenvalue weighted by Gasteiger charge is -2.36. The molecule has 0 N–H and O–H groups in total. The summed E-state index contributed by atoms with van der Waals surface area (Å²) in [5.41, 5.74) is 2.78. The summed E-state index contributed by atoms with van der Waals surface area (Å²) in [4.78, 5) is 46.1. The Bertz CT molecular complexity index is 998. The summed E-state index contributed by atoms with van der Waals surface area (Å²) in [6.07, 6.45) is 0.257. The molecule has 7 nitrogen and oxygen atoms in total. The van der Waals surface area contributed by atoms with Crippen LogP contribution in [0.4, 0.5) is 5.69 Å². The van der Waals surface area contributed by atoms with Gasteiger partial charge in [-0.2, -0.15) is 0 Å². The Balaban J connectivity index is 1.32. The summed E-state index contributed by atoms with van der Waals surface area (Å²) >= 11 is 0. The zero-order chi connectivity index (χ0) is 23.5. The normalized spacial score (nSPS) is 19.5. The molecule has 2 atom stereocenters. The van der Waals surface area contributed by atoms with Gasteiger partial charge in [0.15, 0.2) is 0 Å². The molecule has 0 spiro atoms. The molecule has 2 heterocycles. The second kappa shape index (κ2) is 9.65. The third-order valence-corrected chi connectivity index (χ3v) is 6.77. The third-order valence-electron chi connectivity index (χ3n) is 6.77. The van der Waals surface area contributed by atoms with Crippen LogP contribution in [-0.2, 0) is 9.59 Å². The van der Waals surface area contributed by atoms with Crippen molar-refractivity contribution in [1.29, 1.82) is 0 Å². The molecule has 0 aliphatic carbocycles. The second-order valence-electron chi connectivity index (χ2n) is 9.09. The van der Waals surface area contributed by atoms with E-state index in [1.165, 1.54) is 0 Å². The standard InChI is InChI=1S/C26H32N4O3/c1-19(20-7-5-4-6-8-20)30-18-22(17-24(30)31)26(33)29-15-13-28(14-16-29)25(32)21-9-11-23(12-10-21)27(2)3/h4-12,19,22H,13-18H2,1-3H3. The molecule has 2 aliphatic rings. The highest BCUT2D eigenvalue weighted by Gasteiger charge is 2.39. The van der Waals surface area contributed by atoms with Gasteiger partial charge in [-0.15, -0.1) is 0 Å². The Morgan fingerprint density at radius 1 is 0.909 bits per heavy atom. The second-order valence-corrected chi connectivity index (χ2v) is 9.09. The lowest BCUT2D eigenvalue weighted by Crippen LogP contribution is -2.52. The molecule has 2 unspecified atom stereocenters. The van der Waals surface area contributed by atoms with Crippen LogP contribution in [0.1, 0.15) is 35.3 Å². The minimum Gasteiger partial charge on any atom is -0.378 e. The Hall–Kier alpha value is -3.35. The molecule has 0 radical (unpaired) electrons. The smallest absolute Gasteiger partial charge is 0.253 e. The fourth-order valence-electron chi connectivity index (χ4n) is 4.66. The number of likely N-dealkylation sites (tertiary alicyclic amines) is 1. The summed E-state index contributed by atoms with van der Waals surface area (Å²) in [5, 5.41) is 0. The quantitative estimate of drug-likeness (QED) is 0.706. The SMILES string of the molecule is CC(c1ccccc1)N1CC(C(=O)N2CCN(C(=O)c3ccc(N(C)C)cc3)CC2)CC1=O. The van der Waals surface area contributed by atoms with Crippen molar-refractivity contribution in [3.63, 3.8) is 0 Å². The molecule has 0 bridgehead atoms. The summed E-state index contributed by atoms with van der Waals surface area (Å²) < 4.78 is 0.